The van der Waals surface area contributed by atoms with Gasteiger partial charge in [0.05, 0.1) is 5.92 Å². The molecule has 0 rings (SSSR count). The highest BCUT2D eigenvalue weighted by molar-refractivity contribution is 5.69. The first-order chi connectivity index (χ1) is 5.68. The molecule has 0 aliphatic carbocycles. The van der Waals surface area contributed by atoms with E-state index in [0.717, 1.165) is 25.5 Å². The fraction of sp³-hybridized carbons (Fsp3) is 0.778. The molecule has 12 heavy (non-hydrogen) atoms. The number of carbonyl (C=O) groups is 2. The number of carbonyl (C=O) groups excluding carboxylic acids is 1. The summed E-state index contributed by atoms with van der Waals surface area (Å²) in [6.07, 6.45) is 4.96. The summed E-state index contributed by atoms with van der Waals surface area (Å²) in [5, 5.41) is 8.53. The number of hydrogen-bond acceptors (Lipinski definition) is 2. The van der Waals surface area contributed by atoms with E-state index in [1.807, 2.05) is 0 Å². The Morgan fingerprint density at radius 2 is 2.08 bits per heavy atom. The van der Waals surface area contributed by atoms with E-state index in [1.54, 1.807) is 6.92 Å². The summed E-state index contributed by atoms with van der Waals surface area (Å²) in [6, 6.07) is 0. The summed E-state index contributed by atoms with van der Waals surface area (Å²) < 4.78 is 0. The van der Waals surface area contributed by atoms with Crippen LogP contribution >= 0.6 is 0 Å². The van der Waals surface area contributed by atoms with Crippen molar-refractivity contribution in [3.63, 3.8) is 0 Å². The summed E-state index contributed by atoms with van der Waals surface area (Å²) in [7, 11) is 0. The standard InChI is InChI=1S/C9H16O3/c1-8(9(11)12)6-4-2-3-5-7-10/h7-8H,2-6H2,1H3,(H,11,12). The van der Waals surface area contributed by atoms with Gasteiger partial charge in [0.15, 0.2) is 0 Å². The van der Waals surface area contributed by atoms with Crippen molar-refractivity contribution in [2.24, 2.45) is 5.92 Å². The Morgan fingerprint density at radius 1 is 1.42 bits per heavy atom. The molecule has 1 atom stereocenters. The van der Waals surface area contributed by atoms with Gasteiger partial charge in [-0.2, -0.15) is 0 Å². The molecule has 0 radical (unpaired) electrons. The van der Waals surface area contributed by atoms with Gasteiger partial charge in [-0.15, -0.1) is 0 Å². The molecule has 0 heterocycles. The van der Waals surface area contributed by atoms with Crippen molar-refractivity contribution >= 4 is 12.3 Å². The second-order valence-corrected chi connectivity index (χ2v) is 3.04. The van der Waals surface area contributed by atoms with Gasteiger partial charge < -0.3 is 9.90 Å². The van der Waals surface area contributed by atoms with Crippen LogP contribution in [0.2, 0.25) is 0 Å². The summed E-state index contributed by atoms with van der Waals surface area (Å²) in [6.45, 7) is 1.71. The van der Waals surface area contributed by atoms with E-state index in [0.29, 0.717) is 12.8 Å². The predicted octanol–water partition coefficient (Wildman–Crippen LogP) is 1.86. The Hall–Kier alpha value is -0.860. The van der Waals surface area contributed by atoms with Crippen molar-refractivity contribution in [3.8, 4) is 0 Å². The molecule has 0 bridgehead atoms. The molecule has 0 spiro atoms. The maximum atomic E-state index is 10.4. The molecular weight excluding hydrogens is 156 g/mol. The Labute approximate surface area is 72.8 Å². The van der Waals surface area contributed by atoms with Gasteiger partial charge in [-0.25, -0.2) is 0 Å². The number of aldehydes is 1. The molecule has 0 aliphatic heterocycles. The van der Waals surface area contributed by atoms with E-state index in [9.17, 15) is 9.59 Å². The normalized spacial score (nSPS) is 12.4. The van der Waals surface area contributed by atoms with Crippen molar-refractivity contribution < 1.29 is 14.7 Å². The van der Waals surface area contributed by atoms with Crippen molar-refractivity contribution in [1.82, 2.24) is 0 Å². The van der Waals surface area contributed by atoms with E-state index in [1.165, 1.54) is 0 Å². The highest BCUT2D eigenvalue weighted by Crippen LogP contribution is 2.09. The minimum Gasteiger partial charge on any atom is -0.481 e. The number of carboxylic acids is 1. The van der Waals surface area contributed by atoms with Crippen LogP contribution in [0.1, 0.15) is 39.0 Å². The predicted molar refractivity (Wildman–Crippen MR) is 45.9 cm³/mol. The third kappa shape index (κ3) is 5.89. The summed E-state index contributed by atoms with van der Waals surface area (Å²) in [5.74, 6) is -0.980. The Bertz CT molecular complexity index is 143. The highest BCUT2D eigenvalue weighted by Gasteiger charge is 2.08. The molecule has 0 fully saturated rings. The van der Waals surface area contributed by atoms with Crippen LogP contribution in [0.25, 0.3) is 0 Å². The fourth-order valence-electron chi connectivity index (χ4n) is 0.978. The van der Waals surface area contributed by atoms with E-state index < -0.39 is 5.97 Å². The number of rotatable bonds is 7. The first kappa shape index (κ1) is 11.1. The summed E-state index contributed by atoms with van der Waals surface area (Å²) >= 11 is 0. The molecule has 0 saturated carbocycles. The van der Waals surface area contributed by atoms with Crippen molar-refractivity contribution in [2.75, 3.05) is 0 Å². The second kappa shape index (κ2) is 6.83. The van der Waals surface area contributed by atoms with Gasteiger partial charge in [-0.05, 0) is 12.8 Å². The summed E-state index contributed by atoms with van der Waals surface area (Å²) in [5.41, 5.74) is 0. The molecule has 0 aliphatic rings. The molecule has 3 nitrogen and oxygen atoms in total. The minimum atomic E-state index is -0.731. The zero-order valence-electron chi connectivity index (χ0n) is 7.45. The van der Waals surface area contributed by atoms with E-state index in [-0.39, 0.29) is 5.92 Å². The van der Waals surface area contributed by atoms with E-state index >= 15 is 0 Å². The lowest BCUT2D eigenvalue weighted by molar-refractivity contribution is -0.141. The molecule has 0 aromatic rings. The Balaban J connectivity index is 3.19. The fourth-order valence-corrected chi connectivity index (χ4v) is 0.978. The van der Waals surface area contributed by atoms with Crippen LogP contribution in [0.15, 0.2) is 0 Å². The lowest BCUT2D eigenvalue weighted by Crippen LogP contribution is -2.08. The molecule has 70 valence electrons. The number of hydrogen-bond donors (Lipinski definition) is 1. The Kier molecular flexibility index (Phi) is 6.34. The third-order valence-corrected chi connectivity index (χ3v) is 1.88. The van der Waals surface area contributed by atoms with Crippen molar-refractivity contribution in [2.45, 2.75) is 39.0 Å². The van der Waals surface area contributed by atoms with Crippen molar-refractivity contribution in [3.05, 3.63) is 0 Å². The first-order valence-corrected chi connectivity index (χ1v) is 4.35. The van der Waals surface area contributed by atoms with Gasteiger partial charge in [0.2, 0.25) is 0 Å². The van der Waals surface area contributed by atoms with Crippen molar-refractivity contribution in [1.29, 1.82) is 0 Å². The largest absolute Gasteiger partial charge is 0.481 e. The lowest BCUT2D eigenvalue weighted by atomic mass is 10.0. The maximum absolute atomic E-state index is 10.4. The van der Waals surface area contributed by atoms with Crippen LogP contribution in [-0.4, -0.2) is 17.4 Å². The van der Waals surface area contributed by atoms with Gasteiger partial charge in [0, 0.05) is 6.42 Å². The van der Waals surface area contributed by atoms with Crippen LogP contribution in [0, 0.1) is 5.92 Å². The van der Waals surface area contributed by atoms with Gasteiger partial charge in [-0.1, -0.05) is 19.8 Å². The average molecular weight is 172 g/mol. The molecule has 0 saturated heterocycles. The average Bonchev–Trinajstić information content (AvgIpc) is 2.03. The van der Waals surface area contributed by atoms with Crippen LogP contribution in [0.4, 0.5) is 0 Å². The molecular formula is C9H16O3. The Morgan fingerprint density at radius 3 is 2.58 bits per heavy atom. The monoisotopic (exact) mass is 172 g/mol. The maximum Gasteiger partial charge on any atom is 0.306 e. The number of unbranched alkanes of at least 4 members (excludes halogenated alkanes) is 3. The highest BCUT2D eigenvalue weighted by atomic mass is 16.4. The van der Waals surface area contributed by atoms with Crippen LogP contribution < -0.4 is 0 Å². The smallest absolute Gasteiger partial charge is 0.306 e. The molecule has 1 unspecified atom stereocenters. The number of carboxylic acid groups (broad SMARTS) is 1. The van der Waals surface area contributed by atoms with Crippen LogP contribution in [-0.2, 0) is 9.59 Å². The minimum absolute atomic E-state index is 0.249. The molecule has 0 aromatic heterocycles. The molecule has 0 amide bonds. The molecule has 0 aromatic carbocycles. The second-order valence-electron chi connectivity index (χ2n) is 3.04. The number of aliphatic carboxylic acids is 1. The zero-order chi connectivity index (χ0) is 9.40. The van der Waals surface area contributed by atoms with Gasteiger partial charge in [0.25, 0.3) is 0 Å². The SMILES string of the molecule is CC(CCCCCC=O)C(=O)O. The van der Waals surface area contributed by atoms with Gasteiger partial charge in [0.1, 0.15) is 6.29 Å². The van der Waals surface area contributed by atoms with Gasteiger partial charge in [-0.3, -0.25) is 4.79 Å². The summed E-state index contributed by atoms with van der Waals surface area (Å²) in [4.78, 5) is 20.3. The quantitative estimate of drug-likeness (QED) is 0.471. The topological polar surface area (TPSA) is 54.4 Å². The third-order valence-electron chi connectivity index (χ3n) is 1.88. The van der Waals surface area contributed by atoms with E-state index in [2.05, 4.69) is 0 Å². The van der Waals surface area contributed by atoms with Gasteiger partial charge >= 0.3 is 5.97 Å². The zero-order valence-corrected chi connectivity index (χ0v) is 7.45. The molecule has 3 heteroatoms. The van der Waals surface area contributed by atoms with Crippen LogP contribution in [0.3, 0.4) is 0 Å². The molecule has 1 N–H and O–H groups in total. The lowest BCUT2D eigenvalue weighted by Gasteiger charge is -2.03. The van der Waals surface area contributed by atoms with E-state index in [4.69, 9.17) is 5.11 Å². The van der Waals surface area contributed by atoms with Crippen LogP contribution in [0.5, 0.6) is 0 Å². The first-order valence-electron chi connectivity index (χ1n) is 4.35.